The molecule has 1 aromatic carbocycles. The molecule has 0 saturated heterocycles. The van der Waals surface area contributed by atoms with Crippen LogP contribution in [0.4, 0.5) is 5.69 Å². The van der Waals surface area contributed by atoms with E-state index < -0.39 is 11.4 Å². The van der Waals surface area contributed by atoms with Gasteiger partial charge in [0.05, 0.1) is 5.41 Å². The van der Waals surface area contributed by atoms with Crippen molar-refractivity contribution in [3.8, 4) is 0 Å². The average Bonchev–Trinajstić information content (AvgIpc) is 2.42. The normalized spacial score (nSPS) is 26.2. The largest absolute Gasteiger partial charge is 0.481 e. The third-order valence-electron chi connectivity index (χ3n) is 4.70. The van der Waals surface area contributed by atoms with E-state index in [9.17, 15) is 9.90 Å². The molecule has 2 rings (SSSR count). The molecule has 0 atom stereocenters. The summed E-state index contributed by atoms with van der Waals surface area (Å²) in [5.74, 6) is 0.0236. The van der Waals surface area contributed by atoms with Crippen molar-refractivity contribution >= 4 is 11.7 Å². The standard InChI is InChI=1S/C17H25NO2/c1-13-4-6-15(7-5-13)18(3)12-17(16(19)20)10-8-14(2)9-11-17/h4-7,14H,8-12H2,1-3H3,(H,19,20). The quantitative estimate of drug-likeness (QED) is 0.910. The third kappa shape index (κ3) is 3.14. The Morgan fingerprint density at radius 3 is 2.35 bits per heavy atom. The van der Waals surface area contributed by atoms with Crippen molar-refractivity contribution in [3.63, 3.8) is 0 Å². The van der Waals surface area contributed by atoms with Crippen LogP contribution in [0, 0.1) is 18.3 Å². The second-order valence-corrected chi connectivity index (χ2v) is 6.46. The molecule has 0 heterocycles. The van der Waals surface area contributed by atoms with E-state index in [1.165, 1.54) is 5.56 Å². The molecule has 0 bridgehead atoms. The number of rotatable bonds is 4. The zero-order valence-electron chi connectivity index (χ0n) is 12.7. The molecule has 1 fully saturated rings. The SMILES string of the molecule is Cc1ccc(N(C)CC2(C(=O)O)CCC(C)CC2)cc1. The summed E-state index contributed by atoms with van der Waals surface area (Å²) in [4.78, 5) is 13.9. The van der Waals surface area contributed by atoms with Crippen molar-refractivity contribution in [1.29, 1.82) is 0 Å². The van der Waals surface area contributed by atoms with Gasteiger partial charge in [-0.15, -0.1) is 0 Å². The van der Waals surface area contributed by atoms with Gasteiger partial charge in [0, 0.05) is 19.3 Å². The molecule has 1 N–H and O–H groups in total. The Labute approximate surface area is 121 Å². The minimum Gasteiger partial charge on any atom is -0.481 e. The van der Waals surface area contributed by atoms with Crippen LogP contribution in [-0.4, -0.2) is 24.7 Å². The van der Waals surface area contributed by atoms with Crippen molar-refractivity contribution in [2.45, 2.75) is 39.5 Å². The molecule has 1 aliphatic carbocycles. The molecular formula is C17H25NO2. The smallest absolute Gasteiger partial charge is 0.311 e. The molecular weight excluding hydrogens is 250 g/mol. The number of aryl methyl sites for hydroxylation is 1. The van der Waals surface area contributed by atoms with Crippen LogP contribution >= 0.6 is 0 Å². The monoisotopic (exact) mass is 275 g/mol. The molecule has 1 saturated carbocycles. The van der Waals surface area contributed by atoms with E-state index in [-0.39, 0.29) is 0 Å². The highest BCUT2D eigenvalue weighted by Crippen LogP contribution is 2.40. The Balaban J connectivity index is 2.12. The lowest BCUT2D eigenvalue weighted by atomic mass is 9.70. The van der Waals surface area contributed by atoms with Gasteiger partial charge < -0.3 is 10.0 Å². The van der Waals surface area contributed by atoms with Gasteiger partial charge in [-0.2, -0.15) is 0 Å². The number of anilines is 1. The number of carboxylic acids is 1. The minimum atomic E-state index is -0.636. The van der Waals surface area contributed by atoms with E-state index in [1.807, 2.05) is 7.05 Å². The van der Waals surface area contributed by atoms with Gasteiger partial charge in [0.15, 0.2) is 0 Å². The number of nitrogens with zero attached hydrogens (tertiary/aromatic N) is 1. The summed E-state index contributed by atoms with van der Waals surface area (Å²) in [5, 5.41) is 9.69. The van der Waals surface area contributed by atoms with E-state index in [4.69, 9.17) is 0 Å². The fraction of sp³-hybridized carbons (Fsp3) is 0.588. The van der Waals surface area contributed by atoms with E-state index in [2.05, 4.69) is 43.0 Å². The lowest BCUT2D eigenvalue weighted by Gasteiger charge is -2.39. The molecule has 0 aromatic heterocycles. The second kappa shape index (κ2) is 5.86. The summed E-state index contributed by atoms with van der Waals surface area (Å²) >= 11 is 0. The first-order chi connectivity index (χ1) is 9.43. The lowest BCUT2D eigenvalue weighted by Crippen LogP contribution is -2.44. The van der Waals surface area contributed by atoms with Gasteiger partial charge in [0.1, 0.15) is 0 Å². The first kappa shape index (κ1) is 14.9. The predicted octanol–water partition coefficient (Wildman–Crippen LogP) is 3.71. The van der Waals surface area contributed by atoms with Crippen LogP contribution in [0.25, 0.3) is 0 Å². The van der Waals surface area contributed by atoms with Crippen LogP contribution < -0.4 is 4.90 Å². The zero-order valence-corrected chi connectivity index (χ0v) is 12.7. The van der Waals surface area contributed by atoms with Crippen LogP contribution in [-0.2, 0) is 4.79 Å². The number of aliphatic carboxylic acids is 1. The molecule has 20 heavy (non-hydrogen) atoms. The number of carbonyl (C=O) groups is 1. The van der Waals surface area contributed by atoms with Crippen LogP contribution in [0.1, 0.15) is 38.2 Å². The van der Waals surface area contributed by atoms with Crippen LogP contribution in [0.2, 0.25) is 0 Å². The average molecular weight is 275 g/mol. The maximum atomic E-state index is 11.8. The maximum absolute atomic E-state index is 11.8. The first-order valence-corrected chi connectivity index (χ1v) is 7.44. The topological polar surface area (TPSA) is 40.5 Å². The Morgan fingerprint density at radius 2 is 1.85 bits per heavy atom. The number of carboxylic acid groups (broad SMARTS) is 1. The molecule has 110 valence electrons. The van der Waals surface area contributed by atoms with Gasteiger partial charge in [0.2, 0.25) is 0 Å². The molecule has 0 unspecified atom stereocenters. The van der Waals surface area contributed by atoms with Crippen molar-refractivity contribution in [2.24, 2.45) is 11.3 Å². The molecule has 1 aromatic rings. The number of hydrogen-bond donors (Lipinski definition) is 1. The predicted molar refractivity (Wildman–Crippen MR) is 82.1 cm³/mol. The summed E-state index contributed by atoms with van der Waals surface area (Å²) in [6, 6.07) is 8.27. The van der Waals surface area contributed by atoms with Gasteiger partial charge in [-0.3, -0.25) is 4.79 Å². The summed E-state index contributed by atoms with van der Waals surface area (Å²) < 4.78 is 0. The van der Waals surface area contributed by atoms with E-state index in [0.717, 1.165) is 31.4 Å². The Hall–Kier alpha value is -1.51. The van der Waals surface area contributed by atoms with E-state index in [1.54, 1.807) is 0 Å². The van der Waals surface area contributed by atoms with Crippen LogP contribution in [0.5, 0.6) is 0 Å². The highest BCUT2D eigenvalue weighted by molar-refractivity contribution is 5.76. The highest BCUT2D eigenvalue weighted by Gasteiger charge is 2.42. The third-order valence-corrected chi connectivity index (χ3v) is 4.70. The molecule has 1 aliphatic rings. The lowest BCUT2D eigenvalue weighted by molar-refractivity contribution is -0.150. The van der Waals surface area contributed by atoms with Crippen molar-refractivity contribution in [2.75, 3.05) is 18.5 Å². The fourth-order valence-electron chi connectivity index (χ4n) is 3.10. The summed E-state index contributed by atoms with van der Waals surface area (Å²) in [7, 11) is 1.99. The van der Waals surface area contributed by atoms with Gasteiger partial charge in [-0.25, -0.2) is 0 Å². The second-order valence-electron chi connectivity index (χ2n) is 6.46. The molecule has 0 spiro atoms. The zero-order chi connectivity index (χ0) is 14.8. The Morgan fingerprint density at radius 1 is 1.30 bits per heavy atom. The molecule has 0 radical (unpaired) electrons. The van der Waals surface area contributed by atoms with Gasteiger partial charge in [0.25, 0.3) is 0 Å². The first-order valence-electron chi connectivity index (χ1n) is 7.44. The fourth-order valence-corrected chi connectivity index (χ4v) is 3.10. The molecule has 3 heteroatoms. The van der Waals surface area contributed by atoms with E-state index in [0.29, 0.717) is 12.5 Å². The highest BCUT2D eigenvalue weighted by atomic mass is 16.4. The van der Waals surface area contributed by atoms with Crippen LogP contribution in [0.15, 0.2) is 24.3 Å². The molecule has 0 aliphatic heterocycles. The van der Waals surface area contributed by atoms with Gasteiger partial charge in [-0.1, -0.05) is 24.6 Å². The van der Waals surface area contributed by atoms with Crippen LogP contribution in [0.3, 0.4) is 0 Å². The Bertz CT molecular complexity index is 458. The number of hydrogen-bond acceptors (Lipinski definition) is 2. The van der Waals surface area contributed by atoms with Gasteiger partial charge >= 0.3 is 5.97 Å². The summed E-state index contributed by atoms with van der Waals surface area (Å²) in [5.41, 5.74) is 1.74. The molecule has 0 amide bonds. The minimum absolute atomic E-state index is 0.577. The maximum Gasteiger partial charge on any atom is 0.311 e. The Kier molecular flexibility index (Phi) is 4.36. The van der Waals surface area contributed by atoms with Crippen molar-refractivity contribution in [1.82, 2.24) is 0 Å². The van der Waals surface area contributed by atoms with Crippen molar-refractivity contribution < 1.29 is 9.90 Å². The van der Waals surface area contributed by atoms with E-state index >= 15 is 0 Å². The van der Waals surface area contributed by atoms with Gasteiger partial charge in [-0.05, 0) is 50.7 Å². The summed E-state index contributed by atoms with van der Waals surface area (Å²) in [6.45, 7) is 4.87. The summed E-state index contributed by atoms with van der Waals surface area (Å²) in [6.07, 6.45) is 3.63. The molecule has 3 nitrogen and oxygen atoms in total. The van der Waals surface area contributed by atoms with Crippen molar-refractivity contribution in [3.05, 3.63) is 29.8 Å². The number of benzene rings is 1.